The molecule has 1 aliphatic carbocycles. The number of aliphatic imine (C=N–C) groups is 1. The third-order valence-electron chi connectivity index (χ3n) is 4.85. The van der Waals surface area contributed by atoms with Gasteiger partial charge in [-0.3, -0.25) is 4.99 Å². The molecule has 27 heavy (non-hydrogen) atoms. The SMILES string of the molecule is CN=C(NCCCc1nc2c(s1)CCCC2)NCCc1ccccc1OC. The van der Waals surface area contributed by atoms with Crippen molar-refractivity contribution in [3.05, 3.63) is 45.4 Å². The number of fused-ring (bicyclic) bond motifs is 1. The van der Waals surface area contributed by atoms with Gasteiger partial charge >= 0.3 is 0 Å². The van der Waals surface area contributed by atoms with E-state index in [9.17, 15) is 0 Å². The lowest BCUT2D eigenvalue weighted by Crippen LogP contribution is -2.38. The molecule has 6 heteroatoms. The fourth-order valence-corrected chi connectivity index (χ4v) is 4.60. The smallest absolute Gasteiger partial charge is 0.190 e. The van der Waals surface area contributed by atoms with Crippen molar-refractivity contribution in [1.29, 1.82) is 0 Å². The van der Waals surface area contributed by atoms with E-state index in [0.717, 1.165) is 44.1 Å². The molecule has 0 saturated carbocycles. The van der Waals surface area contributed by atoms with Crippen LogP contribution in [0.15, 0.2) is 29.3 Å². The fourth-order valence-electron chi connectivity index (χ4n) is 3.40. The third-order valence-corrected chi connectivity index (χ3v) is 6.07. The second-order valence-electron chi connectivity index (χ2n) is 6.78. The number of ether oxygens (including phenoxy) is 1. The van der Waals surface area contributed by atoms with Crippen LogP contribution >= 0.6 is 11.3 Å². The molecule has 0 amide bonds. The van der Waals surface area contributed by atoms with Gasteiger partial charge in [-0.1, -0.05) is 18.2 Å². The van der Waals surface area contributed by atoms with Gasteiger partial charge in [-0.2, -0.15) is 0 Å². The first-order valence-corrected chi connectivity index (χ1v) is 10.7. The van der Waals surface area contributed by atoms with Crippen LogP contribution in [0.1, 0.15) is 40.4 Å². The molecule has 146 valence electrons. The summed E-state index contributed by atoms with van der Waals surface area (Å²) in [5.41, 5.74) is 2.57. The molecule has 1 heterocycles. The van der Waals surface area contributed by atoms with Crippen LogP contribution < -0.4 is 15.4 Å². The number of hydrogen-bond acceptors (Lipinski definition) is 4. The van der Waals surface area contributed by atoms with Crippen molar-refractivity contribution in [3.63, 3.8) is 0 Å². The summed E-state index contributed by atoms with van der Waals surface area (Å²) in [6, 6.07) is 8.14. The highest BCUT2D eigenvalue weighted by Crippen LogP contribution is 2.27. The molecule has 0 aliphatic heterocycles. The average Bonchev–Trinajstić information content (AvgIpc) is 3.13. The predicted molar refractivity (Wildman–Crippen MR) is 113 cm³/mol. The first kappa shape index (κ1) is 19.7. The largest absolute Gasteiger partial charge is 0.496 e. The number of para-hydroxylation sites is 1. The van der Waals surface area contributed by atoms with Gasteiger partial charge in [0.15, 0.2) is 5.96 Å². The van der Waals surface area contributed by atoms with Gasteiger partial charge in [-0.05, 0) is 50.2 Å². The van der Waals surface area contributed by atoms with Crippen LogP contribution in [-0.4, -0.2) is 38.2 Å². The lowest BCUT2D eigenvalue weighted by atomic mass is 10.0. The Balaban J connectivity index is 1.36. The van der Waals surface area contributed by atoms with E-state index < -0.39 is 0 Å². The van der Waals surface area contributed by atoms with Crippen molar-refractivity contribution in [1.82, 2.24) is 15.6 Å². The lowest BCUT2D eigenvalue weighted by Gasteiger charge is -2.13. The van der Waals surface area contributed by atoms with Crippen LogP contribution in [-0.2, 0) is 25.7 Å². The molecule has 0 fully saturated rings. The number of thiazole rings is 1. The molecule has 0 spiro atoms. The highest BCUT2D eigenvalue weighted by atomic mass is 32.1. The fraction of sp³-hybridized carbons (Fsp3) is 0.524. The zero-order valence-corrected chi connectivity index (χ0v) is 17.2. The van der Waals surface area contributed by atoms with Gasteiger partial charge in [0.25, 0.3) is 0 Å². The Bertz CT molecular complexity index is 733. The number of methoxy groups -OCH3 is 1. The molecule has 1 aromatic heterocycles. The van der Waals surface area contributed by atoms with E-state index in [1.165, 1.54) is 46.8 Å². The number of benzene rings is 1. The summed E-state index contributed by atoms with van der Waals surface area (Å²) in [5.74, 6) is 1.79. The second-order valence-corrected chi connectivity index (χ2v) is 7.94. The molecule has 2 aromatic rings. The molecule has 5 nitrogen and oxygen atoms in total. The van der Waals surface area contributed by atoms with Gasteiger partial charge in [0.05, 0.1) is 17.8 Å². The number of nitrogens with zero attached hydrogens (tertiary/aromatic N) is 2. The highest BCUT2D eigenvalue weighted by molar-refractivity contribution is 7.11. The third kappa shape index (κ3) is 5.70. The Labute approximate surface area is 166 Å². The van der Waals surface area contributed by atoms with E-state index in [2.05, 4.69) is 21.7 Å². The van der Waals surface area contributed by atoms with E-state index in [1.54, 1.807) is 7.11 Å². The molecule has 0 unspecified atom stereocenters. The number of guanidine groups is 1. The first-order valence-electron chi connectivity index (χ1n) is 9.84. The molecule has 1 aliphatic rings. The normalized spacial score (nSPS) is 13.9. The topological polar surface area (TPSA) is 58.5 Å². The van der Waals surface area contributed by atoms with Crippen molar-refractivity contribution < 1.29 is 4.74 Å². The van der Waals surface area contributed by atoms with E-state index >= 15 is 0 Å². The van der Waals surface area contributed by atoms with Crippen LogP contribution in [0, 0.1) is 0 Å². The Morgan fingerprint density at radius 3 is 2.78 bits per heavy atom. The van der Waals surface area contributed by atoms with Crippen LogP contribution in [0.5, 0.6) is 5.75 Å². The first-order chi connectivity index (χ1) is 13.3. The van der Waals surface area contributed by atoms with Crippen LogP contribution in [0.4, 0.5) is 0 Å². The zero-order chi connectivity index (χ0) is 18.9. The van der Waals surface area contributed by atoms with Crippen molar-refractivity contribution >= 4 is 17.3 Å². The van der Waals surface area contributed by atoms with Crippen molar-refractivity contribution in [2.24, 2.45) is 4.99 Å². The van der Waals surface area contributed by atoms with Crippen molar-refractivity contribution in [2.75, 3.05) is 27.2 Å². The summed E-state index contributed by atoms with van der Waals surface area (Å²) < 4.78 is 5.40. The highest BCUT2D eigenvalue weighted by Gasteiger charge is 2.14. The van der Waals surface area contributed by atoms with Crippen LogP contribution in [0.3, 0.4) is 0 Å². The summed E-state index contributed by atoms with van der Waals surface area (Å²) in [7, 11) is 3.53. The quantitative estimate of drug-likeness (QED) is 0.415. The van der Waals surface area contributed by atoms with Crippen LogP contribution in [0.25, 0.3) is 0 Å². The molecule has 1 aromatic carbocycles. The molecule has 0 bridgehead atoms. The van der Waals surface area contributed by atoms with Crippen LogP contribution in [0.2, 0.25) is 0 Å². The Kier molecular flexibility index (Phi) is 7.51. The lowest BCUT2D eigenvalue weighted by molar-refractivity contribution is 0.409. The van der Waals surface area contributed by atoms with Gasteiger partial charge < -0.3 is 15.4 Å². The van der Waals surface area contributed by atoms with E-state index in [0.29, 0.717) is 0 Å². The Morgan fingerprint density at radius 1 is 1.15 bits per heavy atom. The number of aryl methyl sites for hydroxylation is 3. The van der Waals surface area contributed by atoms with E-state index in [1.807, 2.05) is 36.6 Å². The van der Waals surface area contributed by atoms with Gasteiger partial charge in [-0.25, -0.2) is 4.98 Å². The predicted octanol–water partition coefficient (Wildman–Crippen LogP) is 3.37. The monoisotopic (exact) mass is 386 g/mol. The summed E-state index contributed by atoms with van der Waals surface area (Å²) in [6.45, 7) is 1.72. The maximum absolute atomic E-state index is 5.40. The summed E-state index contributed by atoms with van der Waals surface area (Å²) in [4.78, 5) is 10.7. The standard InChI is InChI=1S/C21H30N4OS/c1-22-21(24-15-13-16-8-3-5-10-18(16)26-2)23-14-7-12-20-25-17-9-4-6-11-19(17)27-20/h3,5,8,10H,4,6-7,9,11-15H2,1-2H3,(H2,22,23,24). The summed E-state index contributed by atoms with van der Waals surface area (Å²) in [5, 5.41) is 8.07. The minimum atomic E-state index is 0.819. The Morgan fingerprint density at radius 2 is 1.96 bits per heavy atom. The van der Waals surface area contributed by atoms with Gasteiger partial charge in [0.2, 0.25) is 0 Å². The number of aromatic nitrogens is 1. The van der Waals surface area contributed by atoms with Gasteiger partial charge in [0.1, 0.15) is 5.75 Å². The number of nitrogens with one attached hydrogen (secondary N) is 2. The van der Waals surface area contributed by atoms with Gasteiger partial charge in [-0.15, -0.1) is 11.3 Å². The van der Waals surface area contributed by atoms with Crippen molar-refractivity contribution in [2.45, 2.75) is 44.9 Å². The average molecular weight is 387 g/mol. The minimum absolute atomic E-state index is 0.819. The molecular formula is C21H30N4OS. The Hall–Kier alpha value is -2.08. The maximum Gasteiger partial charge on any atom is 0.190 e. The molecule has 2 N–H and O–H groups in total. The zero-order valence-electron chi connectivity index (χ0n) is 16.4. The van der Waals surface area contributed by atoms with E-state index in [4.69, 9.17) is 9.72 Å². The minimum Gasteiger partial charge on any atom is -0.496 e. The molecule has 0 radical (unpaired) electrons. The molecular weight excluding hydrogens is 356 g/mol. The summed E-state index contributed by atoms with van der Waals surface area (Å²) >= 11 is 1.92. The number of rotatable bonds is 8. The second kappa shape index (κ2) is 10.3. The maximum atomic E-state index is 5.40. The van der Waals surface area contributed by atoms with Crippen molar-refractivity contribution in [3.8, 4) is 5.75 Å². The van der Waals surface area contributed by atoms with Gasteiger partial charge in [0, 0.05) is 31.4 Å². The molecule has 3 rings (SSSR count). The van der Waals surface area contributed by atoms with E-state index in [-0.39, 0.29) is 0 Å². The molecule has 0 saturated heterocycles. The molecule has 0 atom stereocenters. The summed E-state index contributed by atoms with van der Waals surface area (Å²) in [6.07, 6.45) is 8.04. The number of hydrogen-bond donors (Lipinski definition) is 2.